The molecule has 0 aliphatic carbocycles. The third kappa shape index (κ3) is 2.97. The zero-order chi connectivity index (χ0) is 21.1. The molecule has 4 nitrogen and oxygen atoms in total. The Hall–Kier alpha value is -3.18. The van der Waals surface area contributed by atoms with Crippen LogP contribution in [0.1, 0.15) is 20.3 Å². The fraction of sp³-hybridized carbons (Fsp3) is 0.200. The predicted octanol–water partition coefficient (Wildman–Crippen LogP) is 2.72. The zero-order valence-corrected chi connectivity index (χ0v) is 18.4. The first-order valence-corrected chi connectivity index (χ1v) is 12.4. The number of rotatable bonds is 6. The van der Waals surface area contributed by atoms with Gasteiger partial charge in [-0.25, -0.2) is 4.79 Å². The molecule has 0 saturated carbocycles. The van der Waals surface area contributed by atoms with Crippen LogP contribution in [0.2, 0.25) is 0 Å². The second-order valence-corrected chi connectivity index (χ2v) is 11.1. The third-order valence-corrected chi connectivity index (χ3v) is 10.5. The van der Waals surface area contributed by atoms with Gasteiger partial charge < -0.3 is 4.90 Å². The van der Waals surface area contributed by atoms with Crippen LogP contribution in [0.3, 0.4) is 0 Å². The summed E-state index contributed by atoms with van der Waals surface area (Å²) in [6.45, 7) is 4.43. The molecule has 1 heterocycles. The molecule has 0 bridgehead atoms. The predicted molar refractivity (Wildman–Crippen MR) is 123 cm³/mol. The molecule has 1 fully saturated rings. The zero-order valence-electron chi connectivity index (χ0n) is 17.4. The van der Waals surface area contributed by atoms with E-state index in [0.717, 1.165) is 15.6 Å². The van der Waals surface area contributed by atoms with Crippen molar-refractivity contribution >= 4 is 35.7 Å². The summed E-state index contributed by atoms with van der Waals surface area (Å²) in [4.78, 5) is 29.3. The lowest BCUT2D eigenvalue weighted by atomic mass is 10.2. The molecular weight excluding hydrogens is 388 g/mol. The van der Waals surface area contributed by atoms with E-state index in [-0.39, 0.29) is 11.9 Å². The molecule has 1 aliphatic heterocycles. The molecule has 0 radical (unpaired) electrons. The topological polar surface area (TPSA) is 40.6 Å². The lowest BCUT2D eigenvalue weighted by Gasteiger charge is -2.39. The molecule has 3 amide bonds. The van der Waals surface area contributed by atoms with Crippen molar-refractivity contribution in [2.24, 2.45) is 0 Å². The van der Waals surface area contributed by atoms with Crippen LogP contribution in [-0.4, -0.2) is 42.2 Å². The largest absolute Gasteiger partial charge is 0.320 e. The number of carbonyl (C=O) groups is 2. The first-order valence-electron chi connectivity index (χ1n) is 10.5. The van der Waals surface area contributed by atoms with Gasteiger partial charge in [-0.05, 0) is 28.9 Å². The van der Waals surface area contributed by atoms with E-state index in [1.54, 1.807) is 9.47 Å². The van der Waals surface area contributed by atoms with E-state index in [9.17, 15) is 9.59 Å². The summed E-state index contributed by atoms with van der Waals surface area (Å²) < 4.78 is 1.63. The fourth-order valence-electron chi connectivity index (χ4n) is 4.62. The van der Waals surface area contributed by atoms with Gasteiger partial charge in [-0.3, -0.25) is 9.36 Å². The third-order valence-electron chi connectivity index (χ3n) is 5.96. The van der Waals surface area contributed by atoms with Gasteiger partial charge in [-0.1, -0.05) is 97.9 Å². The smallest absolute Gasteiger partial charge is 0.313 e. The number of nitrogens with zero attached hydrogens (tertiary/aromatic N) is 2. The minimum Gasteiger partial charge on any atom is -0.313 e. The van der Waals surface area contributed by atoms with Crippen LogP contribution in [0.4, 0.5) is 4.79 Å². The van der Waals surface area contributed by atoms with Gasteiger partial charge in [-0.15, -0.1) is 0 Å². The highest BCUT2D eigenvalue weighted by molar-refractivity contribution is 7.11. The molecule has 1 atom stereocenters. The van der Waals surface area contributed by atoms with E-state index in [1.807, 2.05) is 68.4 Å². The van der Waals surface area contributed by atoms with Gasteiger partial charge in [0, 0.05) is 6.54 Å². The second-order valence-electron chi connectivity index (χ2n) is 7.47. The summed E-state index contributed by atoms with van der Waals surface area (Å²) in [6, 6.07) is 29.6. The Morgan fingerprint density at radius 2 is 1.10 bits per heavy atom. The summed E-state index contributed by atoms with van der Waals surface area (Å²) in [5.41, 5.74) is 0. The molecule has 5 heteroatoms. The van der Waals surface area contributed by atoms with Crippen LogP contribution in [0.5, 0.6) is 0 Å². The Balaban J connectivity index is 2.09. The number of hydrogen-bond donors (Lipinski definition) is 0. The molecule has 1 unspecified atom stereocenters. The number of urea groups is 1. The minimum atomic E-state index is -3.14. The highest BCUT2D eigenvalue weighted by Gasteiger charge is 2.57. The van der Waals surface area contributed by atoms with Crippen LogP contribution < -0.4 is 15.6 Å². The lowest BCUT2D eigenvalue weighted by Crippen LogP contribution is -2.78. The molecule has 1 saturated heterocycles. The van der Waals surface area contributed by atoms with E-state index in [1.165, 1.54) is 0 Å². The Morgan fingerprint density at radius 1 is 0.700 bits per heavy atom. The molecule has 3 aromatic carbocycles. The average Bonchev–Trinajstić information content (AvgIpc) is 3.06. The molecule has 3 aromatic rings. The van der Waals surface area contributed by atoms with Crippen molar-refractivity contribution in [3.05, 3.63) is 91.0 Å². The maximum atomic E-state index is 13.8. The number of amides is 3. The summed E-state index contributed by atoms with van der Waals surface area (Å²) in [5, 5.41) is 3.07. The van der Waals surface area contributed by atoms with Crippen molar-refractivity contribution in [1.82, 2.24) is 9.47 Å². The van der Waals surface area contributed by atoms with E-state index < -0.39 is 14.3 Å². The van der Waals surface area contributed by atoms with Gasteiger partial charge in [0.2, 0.25) is 5.91 Å². The molecular formula is C25H26N2O2Si. The number of likely N-dealkylation sites (N-methyl/N-ethyl adjacent to an activating group) is 1. The Labute approximate surface area is 178 Å². The van der Waals surface area contributed by atoms with Crippen molar-refractivity contribution in [2.75, 3.05) is 6.54 Å². The number of carbonyl (C=O) groups excluding carboxylic acids is 2. The number of imide groups is 1. The van der Waals surface area contributed by atoms with Crippen LogP contribution in [0.25, 0.3) is 0 Å². The van der Waals surface area contributed by atoms with Gasteiger partial charge in [0.25, 0.3) is 8.24 Å². The Kier molecular flexibility index (Phi) is 5.55. The van der Waals surface area contributed by atoms with Crippen molar-refractivity contribution in [1.29, 1.82) is 0 Å². The average molecular weight is 415 g/mol. The summed E-state index contributed by atoms with van der Waals surface area (Å²) in [5.74, 6) is -0.0902. The summed E-state index contributed by atoms with van der Waals surface area (Å²) in [6.07, 6.45) is 0.609. The van der Waals surface area contributed by atoms with Crippen molar-refractivity contribution in [2.45, 2.75) is 26.3 Å². The summed E-state index contributed by atoms with van der Waals surface area (Å²) >= 11 is 0. The van der Waals surface area contributed by atoms with Crippen molar-refractivity contribution in [3.8, 4) is 0 Å². The molecule has 1 aliphatic rings. The van der Waals surface area contributed by atoms with Gasteiger partial charge in [0.1, 0.15) is 6.04 Å². The highest BCUT2D eigenvalue weighted by Crippen LogP contribution is 2.26. The number of benzene rings is 3. The normalized spacial score (nSPS) is 16.9. The molecule has 30 heavy (non-hydrogen) atoms. The van der Waals surface area contributed by atoms with Crippen LogP contribution in [0.15, 0.2) is 91.0 Å². The lowest BCUT2D eigenvalue weighted by molar-refractivity contribution is -0.125. The molecule has 152 valence electrons. The van der Waals surface area contributed by atoms with E-state index in [0.29, 0.717) is 13.0 Å². The van der Waals surface area contributed by atoms with Crippen molar-refractivity contribution in [3.63, 3.8) is 0 Å². The van der Waals surface area contributed by atoms with Gasteiger partial charge in [0.05, 0.1) is 0 Å². The van der Waals surface area contributed by atoms with E-state index >= 15 is 0 Å². The first-order chi connectivity index (χ1) is 14.7. The summed E-state index contributed by atoms with van der Waals surface area (Å²) in [7, 11) is -3.14. The minimum absolute atomic E-state index is 0.0902. The van der Waals surface area contributed by atoms with Crippen molar-refractivity contribution < 1.29 is 9.59 Å². The molecule has 0 aromatic heterocycles. The standard InChI is InChI=1S/C25H26N2O2Si/c1-3-23-24(28)27(25(29)26(23)4-2)30(20-14-8-5-9-15-20,21-16-10-6-11-17-21)22-18-12-7-13-19-22/h5-19,23H,3-4H2,1-2H3. The monoisotopic (exact) mass is 414 g/mol. The Bertz CT molecular complexity index is 906. The van der Waals surface area contributed by atoms with Crippen LogP contribution >= 0.6 is 0 Å². The second kappa shape index (κ2) is 8.28. The maximum absolute atomic E-state index is 13.8. The van der Waals surface area contributed by atoms with Crippen LogP contribution in [-0.2, 0) is 4.79 Å². The first kappa shape index (κ1) is 20.1. The fourth-order valence-corrected chi connectivity index (χ4v) is 9.32. The van der Waals surface area contributed by atoms with Gasteiger partial charge >= 0.3 is 6.03 Å². The Morgan fingerprint density at radius 3 is 1.40 bits per heavy atom. The maximum Gasteiger partial charge on any atom is 0.320 e. The molecule has 4 rings (SSSR count). The van der Waals surface area contributed by atoms with Crippen LogP contribution in [0, 0.1) is 0 Å². The quantitative estimate of drug-likeness (QED) is 0.354. The van der Waals surface area contributed by atoms with E-state index in [2.05, 4.69) is 36.4 Å². The number of hydrogen-bond acceptors (Lipinski definition) is 2. The van der Waals surface area contributed by atoms with Gasteiger partial charge in [-0.2, -0.15) is 0 Å². The molecule has 0 spiro atoms. The van der Waals surface area contributed by atoms with Gasteiger partial charge in [0.15, 0.2) is 0 Å². The molecule has 0 N–H and O–H groups in total. The SMILES string of the molecule is CCC1C(=O)N([Si](c2ccccc2)(c2ccccc2)c2ccccc2)C(=O)N1CC. The highest BCUT2D eigenvalue weighted by atomic mass is 28.3. The van der Waals surface area contributed by atoms with E-state index in [4.69, 9.17) is 0 Å².